The van der Waals surface area contributed by atoms with E-state index < -0.39 is 0 Å². The fourth-order valence-electron chi connectivity index (χ4n) is 5.60. The first-order chi connectivity index (χ1) is 16.8. The fraction of sp³-hybridized carbons (Fsp3) is 0. The second-order valence-electron chi connectivity index (χ2n) is 8.81. The molecule has 0 heterocycles. The highest BCUT2D eigenvalue weighted by Gasteiger charge is 2.32. The molecule has 0 spiro atoms. The van der Waals surface area contributed by atoms with Gasteiger partial charge in [0.25, 0.3) is 0 Å². The number of ketones is 1. The van der Waals surface area contributed by atoms with Crippen LogP contribution >= 0.6 is 0 Å². The average Bonchev–Trinajstić information content (AvgIpc) is 3.03. The van der Waals surface area contributed by atoms with Crippen LogP contribution in [0.4, 0.5) is 0 Å². The van der Waals surface area contributed by atoms with Crippen LogP contribution in [0.2, 0.25) is 0 Å². The van der Waals surface area contributed by atoms with Crippen molar-refractivity contribution in [2.45, 2.75) is 0 Å². The van der Waals surface area contributed by atoms with Gasteiger partial charge in [-0.1, -0.05) is 121 Å². The highest BCUT2D eigenvalue weighted by atomic mass is 16.1. The van der Waals surface area contributed by atoms with Gasteiger partial charge in [-0.25, -0.2) is 0 Å². The third kappa shape index (κ3) is 2.58. The second-order valence-corrected chi connectivity index (χ2v) is 8.81. The molecule has 0 unspecified atom stereocenters. The van der Waals surface area contributed by atoms with Crippen LogP contribution in [-0.4, -0.2) is 5.78 Å². The molecule has 1 heteroatoms. The Morgan fingerprint density at radius 3 is 0.794 bits per heavy atom. The average molecular weight is 433 g/mol. The maximum absolute atomic E-state index is 13.5. The molecule has 5 aromatic rings. The van der Waals surface area contributed by atoms with E-state index in [4.69, 9.17) is 0 Å². The van der Waals surface area contributed by atoms with Crippen molar-refractivity contribution in [2.24, 2.45) is 0 Å². The van der Waals surface area contributed by atoms with E-state index in [1.54, 1.807) is 0 Å². The minimum Gasteiger partial charge on any atom is -0.289 e. The van der Waals surface area contributed by atoms with Gasteiger partial charge in [0, 0.05) is 11.1 Å². The van der Waals surface area contributed by atoms with Crippen molar-refractivity contribution < 1.29 is 4.79 Å². The van der Waals surface area contributed by atoms with Gasteiger partial charge in [-0.05, 0) is 55.7 Å². The summed E-state index contributed by atoms with van der Waals surface area (Å²) in [5.74, 6) is 0.0917. The molecule has 0 fully saturated rings. The first-order valence-electron chi connectivity index (χ1n) is 11.6. The normalized spacial score (nSPS) is 13.2. The van der Waals surface area contributed by atoms with Crippen molar-refractivity contribution >= 4 is 16.9 Å². The lowest BCUT2D eigenvalue weighted by atomic mass is 9.76. The lowest BCUT2D eigenvalue weighted by Gasteiger charge is -2.26. The minimum atomic E-state index is 0.0917. The third-order valence-electron chi connectivity index (χ3n) is 7.03. The summed E-state index contributed by atoms with van der Waals surface area (Å²) < 4.78 is 0. The number of carbonyl (C=O) groups excluding carboxylic acids is 1. The summed E-state index contributed by atoms with van der Waals surface area (Å²) in [5.41, 5.74) is 13.1. The van der Waals surface area contributed by atoms with Crippen molar-refractivity contribution in [1.29, 1.82) is 0 Å². The molecule has 0 amide bonds. The number of fused-ring (bicyclic) bond motifs is 7. The van der Waals surface area contributed by atoms with Gasteiger partial charge in [-0.3, -0.25) is 4.79 Å². The third-order valence-corrected chi connectivity index (χ3v) is 7.03. The van der Waals surface area contributed by atoms with Crippen LogP contribution in [0.15, 0.2) is 121 Å². The van der Waals surface area contributed by atoms with Crippen LogP contribution in [0.5, 0.6) is 0 Å². The van der Waals surface area contributed by atoms with Crippen LogP contribution in [0.1, 0.15) is 38.2 Å². The lowest BCUT2D eigenvalue weighted by molar-refractivity contribution is 0.103. The van der Waals surface area contributed by atoms with Gasteiger partial charge in [0.05, 0.1) is 0 Å². The largest absolute Gasteiger partial charge is 0.289 e. The Bertz CT molecular complexity index is 1550. The predicted molar refractivity (Wildman–Crippen MR) is 139 cm³/mol. The van der Waals surface area contributed by atoms with Crippen molar-refractivity contribution in [3.05, 3.63) is 155 Å². The monoisotopic (exact) mass is 432 g/mol. The summed E-state index contributed by atoms with van der Waals surface area (Å²) in [4.78, 5) is 13.5. The fourth-order valence-corrected chi connectivity index (χ4v) is 5.60. The molecule has 0 saturated heterocycles. The zero-order valence-electron chi connectivity index (χ0n) is 18.5. The van der Waals surface area contributed by atoms with Gasteiger partial charge in [-0.2, -0.15) is 0 Å². The summed E-state index contributed by atoms with van der Waals surface area (Å²) >= 11 is 0. The summed E-state index contributed by atoms with van der Waals surface area (Å²) in [6, 6.07) is 42.0. The van der Waals surface area contributed by atoms with Crippen molar-refractivity contribution in [1.82, 2.24) is 0 Å². The van der Waals surface area contributed by atoms with E-state index in [9.17, 15) is 4.79 Å². The molecule has 5 aromatic carbocycles. The van der Waals surface area contributed by atoms with E-state index in [0.29, 0.717) is 0 Å². The summed E-state index contributed by atoms with van der Waals surface area (Å²) in [6.45, 7) is 0. The van der Waals surface area contributed by atoms with E-state index in [0.717, 1.165) is 27.8 Å². The Balaban J connectivity index is 1.73. The Kier molecular flexibility index (Phi) is 4.06. The highest BCUT2D eigenvalue weighted by molar-refractivity contribution is 6.24. The number of hydrogen-bond donors (Lipinski definition) is 0. The molecule has 0 aromatic heterocycles. The Morgan fingerprint density at radius 1 is 0.265 bits per heavy atom. The van der Waals surface area contributed by atoms with E-state index in [1.807, 2.05) is 36.4 Å². The molecular formula is C33H20O. The van der Waals surface area contributed by atoms with Crippen LogP contribution in [0, 0.1) is 0 Å². The summed E-state index contributed by atoms with van der Waals surface area (Å²) in [7, 11) is 0. The molecule has 1 nitrogen and oxygen atoms in total. The molecule has 0 bridgehead atoms. The van der Waals surface area contributed by atoms with Gasteiger partial charge < -0.3 is 0 Å². The quantitative estimate of drug-likeness (QED) is 0.238. The van der Waals surface area contributed by atoms with Gasteiger partial charge in [-0.15, -0.1) is 0 Å². The Morgan fingerprint density at radius 2 is 0.471 bits per heavy atom. The van der Waals surface area contributed by atoms with Crippen LogP contribution < -0.4 is 0 Å². The maximum Gasteiger partial charge on any atom is 0.194 e. The predicted octanol–water partition coefficient (Wildman–Crippen LogP) is 7.89. The first kappa shape index (κ1) is 19.0. The number of benzene rings is 5. The zero-order valence-corrected chi connectivity index (χ0v) is 18.5. The minimum absolute atomic E-state index is 0.0917. The Hall–Kier alpha value is -4.49. The number of hydrogen-bond acceptors (Lipinski definition) is 1. The molecule has 34 heavy (non-hydrogen) atoms. The van der Waals surface area contributed by atoms with E-state index in [1.165, 1.54) is 39.0 Å². The molecule has 0 aliphatic heterocycles. The Labute approximate surface area is 198 Å². The van der Waals surface area contributed by atoms with E-state index in [2.05, 4.69) is 84.9 Å². The summed E-state index contributed by atoms with van der Waals surface area (Å²) in [5, 5.41) is 0. The number of rotatable bonds is 0. The van der Waals surface area contributed by atoms with Crippen molar-refractivity contribution in [2.75, 3.05) is 0 Å². The zero-order chi connectivity index (χ0) is 22.6. The van der Waals surface area contributed by atoms with E-state index >= 15 is 0 Å². The van der Waals surface area contributed by atoms with Crippen molar-refractivity contribution in [3.8, 4) is 22.3 Å². The molecule has 2 aliphatic carbocycles. The molecule has 0 atom stereocenters. The highest BCUT2D eigenvalue weighted by Crippen LogP contribution is 2.50. The second kappa shape index (κ2) is 7.26. The summed E-state index contributed by atoms with van der Waals surface area (Å²) in [6.07, 6.45) is 0. The number of carbonyl (C=O) groups is 1. The molecule has 0 N–H and O–H groups in total. The SMILES string of the molecule is O=C1c2ccccc2C(=C2c3ccccc3-c3ccccc3-c3ccccc32)c2ccccc21. The van der Waals surface area contributed by atoms with Gasteiger partial charge in [0.15, 0.2) is 5.78 Å². The van der Waals surface area contributed by atoms with Crippen LogP contribution in [0.25, 0.3) is 33.4 Å². The molecule has 158 valence electrons. The van der Waals surface area contributed by atoms with E-state index in [-0.39, 0.29) is 5.78 Å². The van der Waals surface area contributed by atoms with Gasteiger partial charge in [0.1, 0.15) is 0 Å². The molecule has 7 rings (SSSR count). The lowest BCUT2D eigenvalue weighted by Crippen LogP contribution is -2.15. The molecule has 0 saturated carbocycles. The molecule has 2 aliphatic rings. The maximum atomic E-state index is 13.5. The molecular weight excluding hydrogens is 412 g/mol. The van der Waals surface area contributed by atoms with Crippen LogP contribution in [0.3, 0.4) is 0 Å². The van der Waals surface area contributed by atoms with Gasteiger partial charge >= 0.3 is 0 Å². The van der Waals surface area contributed by atoms with Gasteiger partial charge in [0.2, 0.25) is 0 Å². The van der Waals surface area contributed by atoms with Crippen LogP contribution in [-0.2, 0) is 0 Å². The molecule has 0 radical (unpaired) electrons. The first-order valence-corrected chi connectivity index (χ1v) is 11.6. The topological polar surface area (TPSA) is 17.1 Å². The van der Waals surface area contributed by atoms with Crippen molar-refractivity contribution in [3.63, 3.8) is 0 Å². The smallest absolute Gasteiger partial charge is 0.194 e. The standard InChI is InChI=1S/C33H20O/c34-33-29-19-9-7-17-27(29)32(28-18-8-10-20-30(28)33)31-25-15-5-3-13-23(25)21-11-1-2-12-22(21)24-14-4-6-16-26(24)31/h1-20H.